The zero-order valence-corrected chi connectivity index (χ0v) is 9.97. The largest absolute Gasteiger partial charge is 0.0894 e. The predicted octanol–water partition coefficient (Wildman–Crippen LogP) is 4.10. The molecule has 1 aromatic rings. The topological polar surface area (TPSA) is 0 Å². The molecule has 0 nitrogen and oxygen atoms in total. The monoisotopic (exact) mass is 240 g/mol. The molecule has 13 heavy (non-hydrogen) atoms. The molecule has 72 valence electrons. The fourth-order valence-corrected chi connectivity index (χ4v) is 1.79. The van der Waals surface area contributed by atoms with Gasteiger partial charge in [0.1, 0.15) is 0 Å². The molecule has 0 aliphatic rings. The van der Waals surface area contributed by atoms with Crippen LogP contribution in [0.1, 0.15) is 30.9 Å². The number of hydrogen-bond acceptors (Lipinski definition) is 0. The first-order valence-corrected chi connectivity index (χ1v) is 5.80. The van der Waals surface area contributed by atoms with Crippen LogP contribution in [0.3, 0.4) is 0 Å². The summed E-state index contributed by atoms with van der Waals surface area (Å²) in [6.07, 6.45) is 3.74. The van der Waals surface area contributed by atoms with Gasteiger partial charge in [-0.05, 0) is 37.3 Å². The maximum Gasteiger partial charge on any atom is 0.0117 e. The first-order chi connectivity index (χ1) is 6.20. The van der Waals surface area contributed by atoms with Crippen LogP contribution in [0.15, 0.2) is 24.3 Å². The molecule has 0 N–H and O–H groups in total. The molecule has 1 heteroatoms. The molecule has 0 aliphatic carbocycles. The minimum absolute atomic E-state index is 0.650. The number of alkyl halides is 1. The van der Waals surface area contributed by atoms with Crippen molar-refractivity contribution in [1.29, 1.82) is 0 Å². The molecule has 0 radical (unpaired) electrons. The second kappa shape index (κ2) is 5.43. The summed E-state index contributed by atoms with van der Waals surface area (Å²) >= 11 is 3.57. The summed E-state index contributed by atoms with van der Waals surface area (Å²) < 4.78 is 0. The normalized spacial score (nSPS) is 12.8. The summed E-state index contributed by atoms with van der Waals surface area (Å²) in [5.74, 6) is 0. The van der Waals surface area contributed by atoms with Gasteiger partial charge in [-0.25, -0.2) is 0 Å². The predicted molar refractivity (Wildman–Crippen MR) is 62.5 cm³/mol. The Kier molecular flexibility index (Phi) is 4.51. The lowest BCUT2D eigenvalue weighted by molar-refractivity contribution is 0.734. The molecule has 1 aromatic carbocycles. The lowest BCUT2D eigenvalue weighted by Gasteiger charge is -2.05. The Labute approximate surface area is 89.5 Å². The van der Waals surface area contributed by atoms with Crippen LogP contribution < -0.4 is 0 Å². The highest BCUT2D eigenvalue weighted by Crippen LogP contribution is 2.13. The van der Waals surface area contributed by atoms with Crippen LogP contribution >= 0.6 is 15.9 Å². The van der Waals surface area contributed by atoms with E-state index in [0.717, 1.165) is 0 Å². The van der Waals surface area contributed by atoms with Crippen LogP contribution in [-0.2, 0) is 6.42 Å². The van der Waals surface area contributed by atoms with Crippen molar-refractivity contribution < 1.29 is 0 Å². The summed E-state index contributed by atoms with van der Waals surface area (Å²) in [5, 5.41) is 0. The Morgan fingerprint density at radius 1 is 1.31 bits per heavy atom. The van der Waals surface area contributed by atoms with E-state index in [1.54, 1.807) is 0 Å². The van der Waals surface area contributed by atoms with E-state index in [1.807, 2.05) is 0 Å². The molecule has 0 bridgehead atoms. The molecule has 0 saturated carbocycles. The lowest BCUT2D eigenvalue weighted by Crippen LogP contribution is -1.94. The van der Waals surface area contributed by atoms with Crippen LogP contribution in [0, 0.1) is 6.92 Å². The van der Waals surface area contributed by atoms with Crippen LogP contribution in [0.4, 0.5) is 0 Å². The van der Waals surface area contributed by atoms with Crippen molar-refractivity contribution in [3.63, 3.8) is 0 Å². The highest BCUT2D eigenvalue weighted by atomic mass is 79.9. The van der Waals surface area contributed by atoms with Crippen molar-refractivity contribution in [3.8, 4) is 0 Å². The van der Waals surface area contributed by atoms with E-state index in [0.29, 0.717) is 4.83 Å². The van der Waals surface area contributed by atoms with Gasteiger partial charge in [0.2, 0.25) is 0 Å². The SMILES string of the molecule is Cc1ccccc1CCCC(C)Br. The van der Waals surface area contributed by atoms with Crippen LogP contribution in [0.25, 0.3) is 0 Å². The van der Waals surface area contributed by atoms with E-state index in [4.69, 9.17) is 0 Å². The summed E-state index contributed by atoms with van der Waals surface area (Å²) in [7, 11) is 0. The number of aryl methyl sites for hydroxylation is 2. The maximum absolute atomic E-state index is 3.57. The standard InChI is InChI=1S/C12H17Br/c1-10-6-3-4-8-12(10)9-5-7-11(2)13/h3-4,6,8,11H,5,7,9H2,1-2H3. The Balaban J connectivity index is 2.41. The van der Waals surface area contributed by atoms with Crippen molar-refractivity contribution in [3.05, 3.63) is 35.4 Å². The second-order valence-corrected chi connectivity index (χ2v) is 5.16. The average molecular weight is 241 g/mol. The van der Waals surface area contributed by atoms with Gasteiger partial charge in [0, 0.05) is 4.83 Å². The number of rotatable bonds is 4. The fourth-order valence-electron chi connectivity index (χ4n) is 1.46. The van der Waals surface area contributed by atoms with Crippen LogP contribution in [-0.4, -0.2) is 4.83 Å². The third-order valence-electron chi connectivity index (χ3n) is 2.31. The molecular formula is C12H17Br. The van der Waals surface area contributed by atoms with Crippen molar-refractivity contribution in [1.82, 2.24) is 0 Å². The van der Waals surface area contributed by atoms with Crippen molar-refractivity contribution in [2.45, 2.75) is 37.9 Å². The molecule has 1 unspecified atom stereocenters. The maximum atomic E-state index is 3.57. The van der Waals surface area contributed by atoms with Gasteiger partial charge in [0.15, 0.2) is 0 Å². The van der Waals surface area contributed by atoms with Gasteiger partial charge >= 0.3 is 0 Å². The van der Waals surface area contributed by atoms with E-state index in [9.17, 15) is 0 Å². The molecule has 0 fully saturated rings. The summed E-state index contributed by atoms with van der Waals surface area (Å²) in [5.41, 5.74) is 2.92. The van der Waals surface area contributed by atoms with Crippen molar-refractivity contribution in [2.24, 2.45) is 0 Å². The smallest absolute Gasteiger partial charge is 0.0117 e. The zero-order chi connectivity index (χ0) is 9.68. The average Bonchev–Trinajstić information content (AvgIpc) is 2.08. The number of benzene rings is 1. The minimum Gasteiger partial charge on any atom is -0.0894 e. The van der Waals surface area contributed by atoms with E-state index in [1.165, 1.54) is 30.4 Å². The first-order valence-electron chi connectivity index (χ1n) is 4.88. The first kappa shape index (κ1) is 10.8. The Morgan fingerprint density at radius 2 is 2.00 bits per heavy atom. The minimum atomic E-state index is 0.650. The van der Waals surface area contributed by atoms with E-state index >= 15 is 0 Å². The number of hydrogen-bond donors (Lipinski definition) is 0. The third kappa shape index (κ3) is 3.95. The molecule has 0 amide bonds. The lowest BCUT2D eigenvalue weighted by atomic mass is 10.0. The van der Waals surface area contributed by atoms with Gasteiger partial charge < -0.3 is 0 Å². The Hall–Kier alpha value is -0.300. The quantitative estimate of drug-likeness (QED) is 0.696. The molecular weight excluding hydrogens is 224 g/mol. The summed E-state index contributed by atoms with van der Waals surface area (Å²) in [6.45, 7) is 4.39. The Morgan fingerprint density at radius 3 is 2.62 bits per heavy atom. The van der Waals surface area contributed by atoms with Gasteiger partial charge in [-0.1, -0.05) is 47.1 Å². The molecule has 0 spiro atoms. The molecule has 1 atom stereocenters. The molecule has 0 saturated heterocycles. The Bertz CT molecular complexity index is 253. The molecule has 0 aliphatic heterocycles. The molecule has 0 heterocycles. The van der Waals surface area contributed by atoms with Crippen LogP contribution in [0.5, 0.6) is 0 Å². The summed E-state index contributed by atoms with van der Waals surface area (Å²) in [6, 6.07) is 8.65. The highest BCUT2D eigenvalue weighted by molar-refractivity contribution is 9.09. The highest BCUT2D eigenvalue weighted by Gasteiger charge is 1.99. The van der Waals surface area contributed by atoms with Crippen molar-refractivity contribution in [2.75, 3.05) is 0 Å². The molecule has 1 rings (SSSR count). The van der Waals surface area contributed by atoms with Crippen molar-refractivity contribution >= 4 is 15.9 Å². The van der Waals surface area contributed by atoms with E-state index < -0.39 is 0 Å². The second-order valence-electron chi connectivity index (χ2n) is 3.60. The van der Waals surface area contributed by atoms with Gasteiger partial charge in [0.05, 0.1) is 0 Å². The van der Waals surface area contributed by atoms with Gasteiger partial charge in [-0.2, -0.15) is 0 Å². The van der Waals surface area contributed by atoms with Gasteiger partial charge in [-0.15, -0.1) is 0 Å². The third-order valence-corrected chi connectivity index (χ3v) is 2.77. The summed E-state index contributed by atoms with van der Waals surface area (Å²) in [4.78, 5) is 0.650. The number of halogens is 1. The molecule has 0 aromatic heterocycles. The van der Waals surface area contributed by atoms with Gasteiger partial charge in [-0.3, -0.25) is 0 Å². The van der Waals surface area contributed by atoms with E-state index in [-0.39, 0.29) is 0 Å². The van der Waals surface area contributed by atoms with E-state index in [2.05, 4.69) is 54.0 Å². The van der Waals surface area contributed by atoms with Crippen LogP contribution in [0.2, 0.25) is 0 Å². The zero-order valence-electron chi connectivity index (χ0n) is 8.39. The van der Waals surface area contributed by atoms with Gasteiger partial charge in [0.25, 0.3) is 0 Å². The fraction of sp³-hybridized carbons (Fsp3) is 0.500.